The van der Waals surface area contributed by atoms with Gasteiger partial charge in [0.2, 0.25) is 0 Å². The number of amides is 1. The van der Waals surface area contributed by atoms with Gasteiger partial charge in [0.25, 0.3) is 0 Å². The van der Waals surface area contributed by atoms with Gasteiger partial charge >= 0.3 is 5.91 Å². The Morgan fingerprint density at radius 3 is 2.88 bits per heavy atom. The summed E-state index contributed by atoms with van der Waals surface area (Å²) in [6.07, 6.45) is 1.26. The number of carbonyl (C=O) groups is 1. The summed E-state index contributed by atoms with van der Waals surface area (Å²) in [5, 5.41) is 10.7. The van der Waals surface area contributed by atoms with E-state index in [0.717, 1.165) is 0 Å². The molecule has 1 amide bonds. The first-order chi connectivity index (χ1) is 8.03. The molecule has 0 spiro atoms. The predicted molar refractivity (Wildman–Crippen MR) is 61.1 cm³/mol. The van der Waals surface area contributed by atoms with E-state index in [9.17, 15) is 13.2 Å². The SMILES string of the molecule is N#CC(=O)Nc1ccc2c(c1)CCCS2(=O)=O. The number of sulfone groups is 1. The lowest BCUT2D eigenvalue weighted by Crippen LogP contribution is -2.17. The summed E-state index contributed by atoms with van der Waals surface area (Å²) in [4.78, 5) is 11.2. The van der Waals surface area contributed by atoms with Crippen molar-refractivity contribution < 1.29 is 13.2 Å². The lowest BCUT2D eigenvalue weighted by Gasteiger charge is -2.16. The topological polar surface area (TPSA) is 87.0 Å². The van der Waals surface area contributed by atoms with Gasteiger partial charge in [0.1, 0.15) is 0 Å². The number of fused-ring (bicyclic) bond motifs is 1. The Morgan fingerprint density at radius 2 is 2.18 bits per heavy atom. The van der Waals surface area contributed by atoms with Crippen LogP contribution in [0.5, 0.6) is 0 Å². The van der Waals surface area contributed by atoms with E-state index < -0.39 is 15.7 Å². The number of rotatable bonds is 1. The Kier molecular flexibility index (Phi) is 2.86. The Morgan fingerprint density at radius 1 is 1.41 bits per heavy atom. The van der Waals surface area contributed by atoms with Gasteiger partial charge in [-0.2, -0.15) is 5.26 Å². The summed E-state index contributed by atoms with van der Waals surface area (Å²) < 4.78 is 23.4. The second-order valence-corrected chi connectivity index (χ2v) is 5.89. The van der Waals surface area contributed by atoms with Crippen molar-refractivity contribution >= 4 is 21.4 Å². The van der Waals surface area contributed by atoms with Gasteiger partial charge in [-0.05, 0) is 36.6 Å². The van der Waals surface area contributed by atoms with Crippen LogP contribution >= 0.6 is 0 Å². The Labute approximate surface area is 99.0 Å². The van der Waals surface area contributed by atoms with Crippen LogP contribution in [0.15, 0.2) is 23.1 Å². The van der Waals surface area contributed by atoms with Gasteiger partial charge in [0, 0.05) is 5.69 Å². The van der Waals surface area contributed by atoms with E-state index in [0.29, 0.717) is 29.0 Å². The van der Waals surface area contributed by atoms with Gasteiger partial charge in [-0.15, -0.1) is 0 Å². The molecule has 1 aromatic rings. The van der Waals surface area contributed by atoms with Crippen molar-refractivity contribution in [1.82, 2.24) is 0 Å². The molecule has 1 aromatic carbocycles. The number of nitrogens with one attached hydrogen (secondary N) is 1. The van der Waals surface area contributed by atoms with Crippen LogP contribution in [0.4, 0.5) is 5.69 Å². The van der Waals surface area contributed by atoms with Gasteiger partial charge in [0.05, 0.1) is 10.6 Å². The van der Waals surface area contributed by atoms with Crippen molar-refractivity contribution in [1.29, 1.82) is 5.26 Å². The molecule has 0 unspecified atom stereocenters. The molecule has 0 saturated carbocycles. The summed E-state index contributed by atoms with van der Waals surface area (Å²) in [7, 11) is -3.17. The zero-order chi connectivity index (χ0) is 12.5. The van der Waals surface area contributed by atoms with Crippen molar-refractivity contribution in [2.75, 3.05) is 11.1 Å². The van der Waals surface area contributed by atoms with Crippen LogP contribution in [-0.2, 0) is 21.1 Å². The Balaban J connectivity index is 2.39. The number of anilines is 1. The fourth-order valence-electron chi connectivity index (χ4n) is 1.88. The number of nitriles is 1. The molecule has 0 aliphatic carbocycles. The van der Waals surface area contributed by atoms with Gasteiger partial charge in [-0.25, -0.2) is 8.42 Å². The predicted octanol–water partition coefficient (Wildman–Crippen LogP) is 0.869. The second-order valence-electron chi connectivity index (χ2n) is 3.81. The number of benzene rings is 1. The van der Waals surface area contributed by atoms with Crippen LogP contribution in [0.2, 0.25) is 0 Å². The monoisotopic (exact) mass is 250 g/mol. The summed E-state index contributed by atoms with van der Waals surface area (Å²) in [6.45, 7) is 0. The fourth-order valence-corrected chi connectivity index (χ4v) is 3.46. The molecule has 0 fully saturated rings. The molecular weight excluding hydrogens is 240 g/mol. The van der Waals surface area contributed by atoms with Gasteiger partial charge in [0.15, 0.2) is 15.9 Å². The lowest BCUT2D eigenvalue weighted by molar-refractivity contribution is -0.111. The molecule has 1 N–H and O–H groups in total. The molecule has 5 nitrogen and oxygen atoms in total. The number of nitrogens with zero attached hydrogens (tertiary/aromatic N) is 1. The maximum absolute atomic E-state index is 11.7. The molecule has 1 aliphatic rings. The minimum absolute atomic E-state index is 0.171. The molecule has 6 heteroatoms. The zero-order valence-corrected chi connectivity index (χ0v) is 9.75. The van der Waals surface area contributed by atoms with Crippen molar-refractivity contribution in [2.24, 2.45) is 0 Å². The Hall–Kier alpha value is -1.87. The van der Waals surface area contributed by atoms with E-state index in [2.05, 4.69) is 5.32 Å². The third-order valence-electron chi connectivity index (χ3n) is 2.61. The third-order valence-corrected chi connectivity index (χ3v) is 4.51. The van der Waals surface area contributed by atoms with E-state index in [1.54, 1.807) is 6.07 Å². The minimum Gasteiger partial charge on any atom is -0.313 e. The summed E-state index contributed by atoms with van der Waals surface area (Å²) in [5.74, 6) is -0.590. The fraction of sp³-hybridized carbons (Fsp3) is 0.273. The normalized spacial score (nSPS) is 16.6. The molecule has 0 atom stereocenters. The quantitative estimate of drug-likeness (QED) is 0.749. The molecule has 2 rings (SSSR count). The van der Waals surface area contributed by atoms with Crippen LogP contribution < -0.4 is 5.32 Å². The molecule has 0 aromatic heterocycles. The van der Waals surface area contributed by atoms with Crippen LogP contribution in [0.3, 0.4) is 0 Å². The molecule has 88 valence electrons. The van der Waals surface area contributed by atoms with Crippen molar-refractivity contribution in [3.8, 4) is 6.07 Å². The highest BCUT2D eigenvalue weighted by Gasteiger charge is 2.23. The standard InChI is InChI=1S/C11H10N2O3S/c12-7-11(14)13-9-3-4-10-8(6-9)2-1-5-17(10,15)16/h3-4,6H,1-2,5H2,(H,13,14). The average molecular weight is 250 g/mol. The molecular formula is C11H10N2O3S. The molecule has 17 heavy (non-hydrogen) atoms. The smallest absolute Gasteiger partial charge is 0.313 e. The number of aryl methyl sites for hydroxylation is 1. The lowest BCUT2D eigenvalue weighted by atomic mass is 10.1. The molecule has 0 saturated heterocycles. The highest BCUT2D eigenvalue weighted by atomic mass is 32.2. The first-order valence-corrected chi connectivity index (χ1v) is 6.75. The maximum atomic E-state index is 11.7. The van der Waals surface area contributed by atoms with Gasteiger partial charge in [-0.1, -0.05) is 0 Å². The van der Waals surface area contributed by atoms with Gasteiger partial charge < -0.3 is 5.32 Å². The third kappa shape index (κ3) is 2.29. The van der Waals surface area contributed by atoms with Gasteiger partial charge in [-0.3, -0.25) is 4.79 Å². The van der Waals surface area contributed by atoms with E-state index in [1.165, 1.54) is 18.2 Å². The van der Waals surface area contributed by atoms with E-state index >= 15 is 0 Å². The van der Waals surface area contributed by atoms with Crippen LogP contribution in [0.25, 0.3) is 0 Å². The average Bonchev–Trinajstić information content (AvgIpc) is 2.28. The summed E-state index contributed by atoms with van der Waals surface area (Å²) in [5.41, 5.74) is 1.15. The highest BCUT2D eigenvalue weighted by molar-refractivity contribution is 7.91. The second kappa shape index (κ2) is 4.18. The van der Waals surface area contributed by atoms with Crippen molar-refractivity contribution in [3.05, 3.63) is 23.8 Å². The Bertz CT molecular complexity index is 614. The van der Waals surface area contributed by atoms with E-state index in [4.69, 9.17) is 5.26 Å². The largest absolute Gasteiger partial charge is 0.326 e. The first kappa shape index (κ1) is 11.6. The highest BCUT2D eigenvalue weighted by Crippen LogP contribution is 2.27. The van der Waals surface area contributed by atoms with Crippen molar-refractivity contribution in [2.45, 2.75) is 17.7 Å². The maximum Gasteiger partial charge on any atom is 0.326 e. The van der Waals surface area contributed by atoms with Crippen LogP contribution in [0.1, 0.15) is 12.0 Å². The van der Waals surface area contributed by atoms with Crippen LogP contribution in [-0.4, -0.2) is 20.1 Å². The zero-order valence-electron chi connectivity index (χ0n) is 8.93. The molecule has 1 aliphatic heterocycles. The van der Waals surface area contributed by atoms with E-state index in [-0.39, 0.29) is 5.75 Å². The summed E-state index contributed by atoms with van der Waals surface area (Å²) >= 11 is 0. The number of hydrogen-bond donors (Lipinski definition) is 1. The molecule has 0 radical (unpaired) electrons. The van der Waals surface area contributed by atoms with E-state index in [1.807, 2.05) is 0 Å². The summed E-state index contributed by atoms with van der Waals surface area (Å²) in [6, 6.07) is 6.03. The van der Waals surface area contributed by atoms with Crippen molar-refractivity contribution in [3.63, 3.8) is 0 Å². The molecule has 1 heterocycles. The first-order valence-electron chi connectivity index (χ1n) is 5.10. The number of hydrogen-bond acceptors (Lipinski definition) is 4. The van der Waals surface area contributed by atoms with Crippen LogP contribution in [0, 0.1) is 11.3 Å². The molecule has 0 bridgehead atoms. The number of carbonyl (C=O) groups excluding carboxylic acids is 1. The minimum atomic E-state index is -3.17.